The molecule has 1 aromatic carbocycles. The van der Waals surface area contributed by atoms with Crippen LogP contribution in [0.2, 0.25) is 0 Å². The van der Waals surface area contributed by atoms with E-state index in [1.165, 1.54) is 53.1 Å². The lowest BCUT2D eigenvalue weighted by Gasteiger charge is -2.29. The van der Waals surface area contributed by atoms with E-state index in [0.717, 1.165) is 24.5 Å². The third kappa shape index (κ3) is 5.71. The van der Waals surface area contributed by atoms with Crippen LogP contribution in [-0.2, 0) is 16.4 Å². The third-order valence-corrected chi connectivity index (χ3v) is 10.1. The van der Waals surface area contributed by atoms with E-state index < -0.39 is 9.84 Å². The van der Waals surface area contributed by atoms with E-state index in [9.17, 15) is 13.2 Å². The summed E-state index contributed by atoms with van der Waals surface area (Å²) in [6.45, 7) is 2.11. The molecule has 1 fully saturated rings. The van der Waals surface area contributed by atoms with Gasteiger partial charge in [0.05, 0.1) is 16.3 Å². The summed E-state index contributed by atoms with van der Waals surface area (Å²) in [5.74, 6) is 1.44. The normalized spacial score (nSPS) is 16.1. The van der Waals surface area contributed by atoms with E-state index in [4.69, 9.17) is 0 Å². The molecule has 1 aliphatic heterocycles. The number of sulfone groups is 1. The quantitative estimate of drug-likeness (QED) is 0.301. The van der Waals surface area contributed by atoms with Gasteiger partial charge in [-0.2, -0.15) is 16.7 Å². The Morgan fingerprint density at radius 1 is 0.976 bits per heavy atom. The number of likely N-dealkylation sites (N-methyl/N-ethyl adjacent to an activating group) is 1. The molecule has 41 heavy (non-hydrogen) atoms. The molecule has 12 heteroatoms. The first-order valence-corrected chi connectivity index (χ1v) is 15.5. The van der Waals surface area contributed by atoms with E-state index in [-0.39, 0.29) is 21.9 Å². The molecule has 1 aliphatic rings. The highest BCUT2D eigenvalue weighted by atomic mass is 32.2. The largest absolute Gasteiger partial charge is 0.324 e. The van der Waals surface area contributed by atoms with Gasteiger partial charge in [0.1, 0.15) is 5.65 Å². The number of hydrogen-bond donors (Lipinski definition) is 1. The predicted octanol–water partition coefficient (Wildman–Crippen LogP) is 3.93. The molecule has 0 bridgehead atoms. The molecule has 0 spiro atoms. The number of anilines is 2. The van der Waals surface area contributed by atoms with Crippen LogP contribution < -0.4 is 10.9 Å². The van der Waals surface area contributed by atoms with Crippen LogP contribution >= 0.6 is 11.8 Å². The second-order valence-corrected chi connectivity index (χ2v) is 13.0. The van der Waals surface area contributed by atoms with Gasteiger partial charge in [0.25, 0.3) is 5.56 Å². The summed E-state index contributed by atoms with van der Waals surface area (Å²) in [5, 5.41) is 4.33. The summed E-state index contributed by atoms with van der Waals surface area (Å²) in [7, 11) is -1.74. The minimum absolute atomic E-state index is 0.0169. The Balaban J connectivity index is 1.31. The highest BCUT2D eigenvalue weighted by molar-refractivity contribution is 7.99. The van der Waals surface area contributed by atoms with Gasteiger partial charge in [-0.05, 0) is 54.6 Å². The van der Waals surface area contributed by atoms with E-state index in [0.29, 0.717) is 27.8 Å². The van der Waals surface area contributed by atoms with Crippen molar-refractivity contribution in [2.45, 2.75) is 21.6 Å². The zero-order chi connectivity index (χ0) is 28.4. The molecule has 0 aliphatic carbocycles. The van der Waals surface area contributed by atoms with E-state index in [1.54, 1.807) is 18.3 Å². The minimum atomic E-state index is -3.89. The van der Waals surface area contributed by atoms with Crippen molar-refractivity contribution in [2.24, 2.45) is 0 Å². The molecule has 0 radical (unpaired) electrons. The first kappa shape index (κ1) is 27.1. The van der Waals surface area contributed by atoms with Gasteiger partial charge in [0.2, 0.25) is 15.8 Å². The van der Waals surface area contributed by atoms with Gasteiger partial charge in [-0.25, -0.2) is 13.4 Å². The standard InChI is InChI=1S/C29H27N7O3S2/c1-35-14-15-40-25(19-35)20-2-5-23(6-3-20)33-29-32-16-21-4-7-27(37)36(28(21)34-29)18-22-8-11-31-17-26(22)41(38,39)24-9-12-30-13-10-24/h2-13,16-17,25H,14-15,18-19H2,1H3,(H,32,33,34). The van der Waals surface area contributed by atoms with Crippen molar-refractivity contribution in [1.82, 2.24) is 29.4 Å². The number of nitrogens with zero attached hydrogens (tertiary/aromatic N) is 6. The minimum Gasteiger partial charge on any atom is -0.324 e. The number of thioether (sulfide) groups is 1. The molecular formula is C29H27N7O3S2. The van der Waals surface area contributed by atoms with Crippen LogP contribution in [0.1, 0.15) is 16.4 Å². The van der Waals surface area contributed by atoms with Gasteiger partial charge in [-0.1, -0.05) is 12.1 Å². The SMILES string of the molecule is CN1CCSC(c2ccc(Nc3ncc4ccc(=O)n(Cc5ccncc5S(=O)(=O)c5ccncc5)c4n3)cc2)C1. The highest BCUT2D eigenvalue weighted by Crippen LogP contribution is 2.33. The molecule has 6 rings (SSSR count). The van der Waals surface area contributed by atoms with Crippen molar-refractivity contribution in [3.8, 4) is 0 Å². The highest BCUT2D eigenvalue weighted by Gasteiger charge is 2.23. The summed E-state index contributed by atoms with van der Waals surface area (Å²) < 4.78 is 28.2. The van der Waals surface area contributed by atoms with Crippen molar-refractivity contribution in [2.75, 3.05) is 31.2 Å². The average Bonchev–Trinajstić information content (AvgIpc) is 3.00. The van der Waals surface area contributed by atoms with Crippen LogP contribution in [0.4, 0.5) is 11.6 Å². The Kier molecular flexibility index (Phi) is 7.52. The Morgan fingerprint density at radius 2 is 1.76 bits per heavy atom. The van der Waals surface area contributed by atoms with Gasteiger partial charge in [-0.3, -0.25) is 19.3 Å². The predicted molar refractivity (Wildman–Crippen MR) is 159 cm³/mol. The van der Waals surface area contributed by atoms with Gasteiger partial charge < -0.3 is 10.2 Å². The van der Waals surface area contributed by atoms with Crippen LogP contribution in [-0.4, -0.2) is 63.7 Å². The third-order valence-electron chi connectivity index (χ3n) is 6.98. The van der Waals surface area contributed by atoms with Crippen molar-refractivity contribution in [1.29, 1.82) is 0 Å². The fraction of sp³-hybridized carbons (Fsp3) is 0.207. The Morgan fingerprint density at radius 3 is 2.54 bits per heavy atom. The number of hydrogen-bond acceptors (Lipinski definition) is 10. The number of rotatable bonds is 7. The Bertz CT molecular complexity index is 1860. The molecule has 1 saturated heterocycles. The second kappa shape index (κ2) is 11.4. The molecule has 1 unspecified atom stereocenters. The van der Waals surface area contributed by atoms with Crippen LogP contribution in [0.15, 0.2) is 100 Å². The maximum atomic E-state index is 13.4. The Labute approximate surface area is 241 Å². The average molecular weight is 586 g/mol. The monoisotopic (exact) mass is 585 g/mol. The van der Waals surface area contributed by atoms with Gasteiger partial charge in [0, 0.05) is 72.2 Å². The van der Waals surface area contributed by atoms with Crippen molar-refractivity contribution >= 4 is 44.3 Å². The van der Waals surface area contributed by atoms with Crippen molar-refractivity contribution in [3.05, 3.63) is 107 Å². The molecule has 4 aromatic heterocycles. The molecule has 1 N–H and O–H groups in total. The molecular weight excluding hydrogens is 558 g/mol. The van der Waals surface area contributed by atoms with Crippen LogP contribution in [0.5, 0.6) is 0 Å². The van der Waals surface area contributed by atoms with E-state index in [2.05, 4.69) is 49.3 Å². The van der Waals surface area contributed by atoms with Crippen LogP contribution in [0.25, 0.3) is 11.0 Å². The van der Waals surface area contributed by atoms with Crippen molar-refractivity contribution < 1.29 is 8.42 Å². The number of fused-ring (bicyclic) bond motifs is 1. The molecule has 1 atom stereocenters. The molecule has 5 heterocycles. The summed E-state index contributed by atoms with van der Waals surface area (Å²) in [6.07, 6.45) is 7.29. The Hall–Kier alpha value is -4.13. The molecule has 208 valence electrons. The van der Waals surface area contributed by atoms with Gasteiger partial charge >= 0.3 is 0 Å². The number of benzene rings is 1. The molecule has 5 aromatic rings. The smallest absolute Gasteiger partial charge is 0.252 e. The number of pyridine rings is 3. The van der Waals surface area contributed by atoms with Gasteiger partial charge in [0.15, 0.2) is 0 Å². The number of aromatic nitrogens is 5. The first-order chi connectivity index (χ1) is 19.9. The zero-order valence-corrected chi connectivity index (χ0v) is 23.8. The van der Waals surface area contributed by atoms with E-state index in [1.807, 2.05) is 23.9 Å². The second-order valence-electron chi connectivity index (χ2n) is 9.77. The lowest BCUT2D eigenvalue weighted by atomic mass is 10.1. The maximum absolute atomic E-state index is 13.4. The summed E-state index contributed by atoms with van der Waals surface area (Å²) >= 11 is 1.97. The molecule has 10 nitrogen and oxygen atoms in total. The molecule has 0 saturated carbocycles. The topological polar surface area (TPSA) is 123 Å². The van der Waals surface area contributed by atoms with Crippen LogP contribution in [0.3, 0.4) is 0 Å². The van der Waals surface area contributed by atoms with Gasteiger partial charge in [-0.15, -0.1) is 0 Å². The lowest BCUT2D eigenvalue weighted by molar-refractivity contribution is 0.347. The fourth-order valence-electron chi connectivity index (χ4n) is 4.77. The lowest BCUT2D eigenvalue weighted by Crippen LogP contribution is -2.30. The molecule has 0 amide bonds. The number of nitrogens with one attached hydrogen (secondary N) is 1. The summed E-state index contributed by atoms with van der Waals surface area (Å²) in [5.41, 5.74) is 2.59. The maximum Gasteiger partial charge on any atom is 0.252 e. The van der Waals surface area contributed by atoms with Crippen molar-refractivity contribution in [3.63, 3.8) is 0 Å². The first-order valence-electron chi connectivity index (χ1n) is 13.0. The van der Waals surface area contributed by atoms with E-state index >= 15 is 0 Å². The summed E-state index contributed by atoms with van der Waals surface area (Å²) in [6, 6.07) is 15.8. The zero-order valence-electron chi connectivity index (χ0n) is 22.2. The van der Waals surface area contributed by atoms with Crippen LogP contribution in [0, 0.1) is 0 Å². The fourth-order valence-corrected chi connectivity index (χ4v) is 7.59. The summed E-state index contributed by atoms with van der Waals surface area (Å²) in [4.78, 5) is 32.6.